The van der Waals surface area contributed by atoms with Crippen molar-refractivity contribution in [1.82, 2.24) is 14.4 Å². The highest BCUT2D eigenvalue weighted by Gasteiger charge is 2.33. The van der Waals surface area contributed by atoms with Gasteiger partial charge in [0, 0.05) is 45.4 Å². The molecule has 11 heteroatoms. The van der Waals surface area contributed by atoms with Crippen LogP contribution in [0.1, 0.15) is 24.1 Å². The molecule has 180 valence electrons. The molecular weight excluding hydrogens is 453 g/mol. The molecule has 1 N–H and O–H groups in total. The number of hydrogen-bond donors (Lipinski definition) is 1. The molecule has 1 saturated heterocycles. The van der Waals surface area contributed by atoms with Crippen molar-refractivity contribution in [3.8, 4) is 0 Å². The van der Waals surface area contributed by atoms with Crippen molar-refractivity contribution in [3.05, 3.63) is 64.1 Å². The Morgan fingerprint density at radius 1 is 1.12 bits per heavy atom. The third-order valence-electron chi connectivity index (χ3n) is 5.94. The van der Waals surface area contributed by atoms with E-state index in [-0.39, 0.29) is 18.4 Å². The second-order valence-corrected chi connectivity index (χ2v) is 8.24. The largest absolute Gasteiger partial charge is 0.419 e. The van der Waals surface area contributed by atoms with Crippen molar-refractivity contribution in [1.29, 1.82) is 0 Å². The molecule has 1 aliphatic rings. The van der Waals surface area contributed by atoms with E-state index < -0.39 is 23.5 Å². The zero-order valence-corrected chi connectivity index (χ0v) is 18.6. The molecule has 1 fully saturated rings. The van der Waals surface area contributed by atoms with Crippen LogP contribution >= 0.6 is 0 Å². The fourth-order valence-electron chi connectivity index (χ4n) is 4.15. The minimum atomic E-state index is -4.44. The van der Waals surface area contributed by atoms with Crippen LogP contribution in [0.2, 0.25) is 0 Å². The molecule has 34 heavy (non-hydrogen) atoms. The summed E-state index contributed by atoms with van der Waals surface area (Å²) in [5.41, 5.74) is 1.22. The van der Waals surface area contributed by atoms with Gasteiger partial charge in [0.1, 0.15) is 0 Å². The normalized spacial score (nSPS) is 17.2. The Balaban J connectivity index is 1.45. The van der Waals surface area contributed by atoms with Gasteiger partial charge in [0.05, 0.1) is 23.7 Å². The number of oxazole rings is 1. The Bertz CT molecular complexity index is 1280. The van der Waals surface area contributed by atoms with Crippen LogP contribution < -0.4 is 11.1 Å². The van der Waals surface area contributed by atoms with Crippen LogP contribution in [0.4, 0.5) is 18.9 Å². The lowest BCUT2D eigenvalue weighted by molar-refractivity contribution is -0.138. The number of aromatic nitrogens is 1. The molecule has 0 saturated carbocycles. The Morgan fingerprint density at radius 3 is 2.47 bits per heavy atom. The van der Waals surface area contributed by atoms with Crippen molar-refractivity contribution >= 4 is 28.6 Å². The van der Waals surface area contributed by atoms with Crippen molar-refractivity contribution in [2.75, 3.05) is 31.5 Å². The van der Waals surface area contributed by atoms with Crippen LogP contribution in [0.3, 0.4) is 0 Å². The van der Waals surface area contributed by atoms with Gasteiger partial charge in [-0.25, -0.2) is 4.79 Å². The minimum Gasteiger partial charge on any atom is -0.408 e. The van der Waals surface area contributed by atoms with Crippen LogP contribution in [0.5, 0.6) is 0 Å². The van der Waals surface area contributed by atoms with E-state index in [9.17, 15) is 27.6 Å². The van der Waals surface area contributed by atoms with Gasteiger partial charge >= 0.3 is 11.9 Å². The van der Waals surface area contributed by atoms with Crippen LogP contribution in [0.25, 0.3) is 11.1 Å². The number of halogens is 3. The van der Waals surface area contributed by atoms with Crippen LogP contribution in [-0.2, 0) is 22.8 Å². The maximum absolute atomic E-state index is 12.9. The Hall–Kier alpha value is -3.60. The third-order valence-corrected chi connectivity index (χ3v) is 5.94. The molecule has 1 atom stereocenters. The van der Waals surface area contributed by atoms with Gasteiger partial charge in [-0.05, 0) is 29.8 Å². The molecule has 3 aromatic rings. The van der Waals surface area contributed by atoms with E-state index in [0.717, 1.165) is 12.1 Å². The third kappa shape index (κ3) is 4.84. The average Bonchev–Trinajstić information content (AvgIpc) is 3.05. The van der Waals surface area contributed by atoms with Gasteiger partial charge in [0.2, 0.25) is 11.8 Å². The lowest BCUT2D eigenvalue weighted by Gasteiger charge is -2.41. The molecule has 2 heterocycles. The van der Waals surface area contributed by atoms with E-state index in [1.807, 2.05) is 4.90 Å². The van der Waals surface area contributed by atoms with Gasteiger partial charge in [-0.15, -0.1) is 0 Å². The van der Waals surface area contributed by atoms with E-state index in [1.165, 1.54) is 23.6 Å². The topological polar surface area (TPSA) is 87.8 Å². The molecule has 8 nitrogen and oxygen atoms in total. The summed E-state index contributed by atoms with van der Waals surface area (Å²) < 4.78 is 45.2. The summed E-state index contributed by atoms with van der Waals surface area (Å²) in [4.78, 5) is 39.9. The van der Waals surface area contributed by atoms with Crippen molar-refractivity contribution in [2.24, 2.45) is 7.05 Å². The number of benzene rings is 2. The molecule has 2 amide bonds. The zero-order valence-electron chi connectivity index (χ0n) is 18.6. The van der Waals surface area contributed by atoms with E-state index >= 15 is 0 Å². The van der Waals surface area contributed by atoms with E-state index in [1.54, 1.807) is 30.1 Å². The highest BCUT2D eigenvalue weighted by molar-refractivity contribution is 5.94. The lowest BCUT2D eigenvalue weighted by Crippen LogP contribution is -2.51. The summed E-state index contributed by atoms with van der Waals surface area (Å²) in [7, 11) is 1.58. The summed E-state index contributed by atoms with van der Waals surface area (Å²) in [5, 5.41) is 2.77. The van der Waals surface area contributed by atoms with Crippen LogP contribution in [0.15, 0.2) is 51.7 Å². The fraction of sp³-hybridized carbons (Fsp3) is 0.348. The Kier molecular flexibility index (Phi) is 6.22. The molecule has 0 aliphatic carbocycles. The standard InChI is InChI=1S/C23H23F3N4O4/c1-14(31)30-10-9-29(12-19(30)15-3-5-16(6-4-15)23(24,25)26)13-21(32)27-17-7-8-18-20(11-17)34-22(33)28(18)2/h3-8,11,19H,9-10,12-13H2,1-2H3,(H,27,32). The summed E-state index contributed by atoms with van der Waals surface area (Å²) >= 11 is 0. The number of carbonyl (C=O) groups excluding carboxylic acids is 2. The molecule has 1 unspecified atom stereocenters. The molecule has 1 aliphatic heterocycles. The molecule has 0 bridgehead atoms. The molecule has 0 spiro atoms. The average molecular weight is 476 g/mol. The predicted octanol–water partition coefficient (Wildman–Crippen LogP) is 2.99. The molecule has 4 rings (SSSR count). The van der Waals surface area contributed by atoms with Gasteiger partial charge in [-0.3, -0.25) is 19.1 Å². The van der Waals surface area contributed by atoms with Gasteiger partial charge in [-0.2, -0.15) is 13.2 Å². The maximum Gasteiger partial charge on any atom is 0.419 e. The maximum atomic E-state index is 12.9. The first-order chi connectivity index (χ1) is 16.0. The Labute approximate surface area is 192 Å². The number of carbonyl (C=O) groups is 2. The fourth-order valence-corrected chi connectivity index (χ4v) is 4.15. The first-order valence-electron chi connectivity index (χ1n) is 10.6. The number of anilines is 1. The van der Waals surface area contributed by atoms with Gasteiger partial charge in [0.15, 0.2) is 5.58 Å². The number of nitrogens with zero attached hydrogens (tertiary/aromatic N) is 3. The van der Waals surface area contributed by atoms with E-state index in [2.05, 4.69) is 5.32 Å². The Morgan fingerprint density at radius 2 is 1.82 bits per heavy atom. The molecule has 0 radical (unpaired) electrons. The highest BCUT2D eigenvalue weighted by Crippen LogP contribution is 2.32. The smallest absolute Gasteiger partial charge is 0.408 e. The number of rotatable bonds is 4. The van der Waals surface area contributed by atoms with Gasteiger partial charge < -0.3 is 14.6 Å². The monoisotopic (exact) mass is 476 g/mol. The zero-order chi connectivity index (χ0) is 24.6. The highest BCUT2D eigenvalue weighted by atomic mass is 19.4. The lowest BCUT2D eigenvalue weighted by atomic mass is 10.0. The van der Waals surface area contributed by atoms with E-state index in [0.29, 0.717) is 42.0 Å². The number of fused-ring (bicyclic) bond motifs is 1. The minimum absolute atomic E-state index is 0.0274. The van der Waals surface area contributed by atoms with Crippen molar-refractivity contribution in [2.45, 2.75) is 19.1 Å². The second kappa shape index (κ2) is 8.98. The molecule has 1 aromatic heterocycles. The molecule has 2 aromatic carbocycles. The summed E-state index contributed by atoms with van der Waals surface area (Å²) in [6, 6.07) is 9.15. The van der Waals surface area contributed by atoms with Crippen LogP contribution in [0, 0.1) is 0 Å². The van der Waals surface area contributed by atoms with Crippen molar-refractivity contribution in [3.63, 3.8) is 0 Å². The quantitative estimate of drug-likeness (QED) is 0.626. The number of alkyl halides is 3. The summed E-state index contributed by atoms with van der Waals surface area (Å²) in [5.74, 6) is -0.997. The number of nitrogens with one attached hydrogen (secondary N) is 1. The number of piperazine rings is 1. The second-order valence-electron chi connectivity index (χ2n) is 8.24. The van der Waals surface area contributed by atoms with Gasteiger partial charge in [-0.1, -0.05) is 12.1 Å². The van der Waals surface area contributed by atoms with E-state index in [4.69, 9.17) is 4.42 Å². The number of amides is 2. The van der Waals surface area contributed by atoms with Crippen molar-refractivity contribution < 1.29 is 27.2 Å². The summed E-state index contributed by atoms with van der Waals surface area (Å²) in [6.07, 6.45) is -4.44. The predicted molar refractivity (Wildman–Crippen MR) is 118 cm³/mol. The number of aryl methyl sites for hydroxylation is 1. The van der Waals surface area contributed by atoms with Gasteiger partial charge in [0.25, 0.3) is 0 Å². The first-order valence-corrected chi connectivity index (χ1v) is 10.6. The number of hydrogen-bond acceptors (Lipinski definition) is 5. The molecular formula is C23H23F3N4O4. The summed E-state index contributed by atoms with van der Waals surface area (Å²) in [6.45, 7) is 2.52. The SMILES string of the molecule is CC(=O)N1CCN(CC(=O)Nc2ccc3c(c2)oc(=O)n3C)CC1c1ccc(C(F)(F)F)cc1. The van der Waals surface area contributed by atoms with Crippen LogP contribution in [-0.4, -0.2) is 52.4 Å². The first kappa shape index (κ1) is 23.6.